The Labute approximate surface area is 173 Å². The van der Waals surface area contributed by atoms with E-state index in [0.717, 1.165) is 5.56 Å². The lowest BCUT2D eigenvalue weighted by atomic mass is 10.1. The van der Waals surface area contributed by atoms with E-state index in [9.17, 15) is 13.2 Å². The van der Waals surface area contributed by atoms with E-state index in [1.807, 2.05) is 31.2 Å². The van der Waals surface area contributed by atoms with Crippen molar-refractivity contribution < 1.29 is 17.9 Å². The van der Waals surface area contributed by atoms with Crippen molar-refractivity contribution in [1.29, 1.82) is 0 Å². The minimum atomic E-state index is -4.41. The van der Waals surface area contributed by atoms with E-state index < -0.39 is 12.8 Å². The Hall–Kier alpha value is -2.04. The van der Waals surface area contributed by atoms with Gasteiger partial charge in [0.25, 0.3) is 0 Å². The van der Waals surface area contributed by atoms with Gasteiger partial charge in [-0.2, -0.15) is 13.2 Å². The summed E-state index contributed by atoms with van der Waals surface area (Å²) in [5.41, 5.74) is 2.78. The first kappa shape index (κ1) is 23.0. The van der Waals surface area contributed by atoms with Crippen LogP contribution >= 0.6 is 24.0 Å². The zero-order valence-electron chi connectivity index (χ0n) is 15.0. The van der Waals surface area contributed by atoms with Crippen LogP contribution in [0.3, 0.4) is 0 Å². The summed E-state index contributed by atoms with van der Waals surface area (Å²) < 4.78 is 41.8. The summed E-state index contributed by atoms with van der Waals surface area (Å²) in [4.78, 5) is 7.97. The second kappa shape index (κ2) is 11.0. The van der Waals surface area contributed by atoms with Gasteiger partial charge in [0.2, 0.25) is 5.88 Å². The van der Waals surface area contributed by atoms with Gasteiger partial charge < -0.3 is 15.4 Å². The lowest BCUT2D eigenvalue weighted by Crippen LogP contribution is -2.36. The Balaban J connectivity index is 0.00000364. The molecule has 0 saturated heterocycles. The number of hydrogen-bond donors (Lipinski definition) is 2. The molecule has 0 aliphatic heterocycles. The molecule has 0 aliphatic rings. The van der Waals surface area contributed by atoms with Gasteiger partial charge in [0.15, 0.2) is 12.6 Å². The third kappa shape index (κ3) is 8.46. The number of rotatable bonds is 6. The Morgan fingerprint density at radius 1 is 1.11 bits per heavy atom. The molecular weight excluding hydrogens is 472 g/mol. The van der Waals surface area contributed by atoms with Gasteiger partial charge in [-0.15, -0.1) is 24.0 Å². The van der Waals surface area contributed by atoms with Gasteiger partial charge in [0.05, 0.1) is 0 Å². The normalized spacial score (nSPS) is 11.5. The highest BCUT2D eigenvalue weighted by Crippen LogP contribution is 2.19. The summed E-state index contributed by atoms with van der Waals surface area (Å²) in [5.74, 6) is 0.475. The molecule has 1 heterocycles. The van der Waals surface area contributed by atoms with Crippen molar-refractivity contribution in [2.75, 3.05) is 13.7 Å². The average Bonchev–Trinajstić information content (AvgIpc) is 2.61. The fourth-order valence-corrected chi connectivity index (χ4v) is 2.13. The van der Waals surface area contributed by atoms with Crippen LogP contribution in [0.2, 0.25) is 0 Å². The lowest BCUT2D eigenvalue weighted by Gasteiger charge is -2.15. The van der Waals surface area contributed by atoms with Gasteiger partial charge in [0, 0.05) is 31.9 Å². The van der Waals surface area contributed by atoms with Crippen LogP contribution in [-0.4, -0.2) is 30.8 Å². The summed E-state index contributed by atoms with van der Waals surface area (Å²) >= 11 is 0. The van der Waals surface area contributed by atoms with E-state index in [2.05, 4.69) is 20.6 Å². The van der Waals surface area contributed by atoms with Crippen LogP contribution in [0.4, 0.5) is 13.2 Å². The zero-order chi connectivity index (χ0) is 19.0. The number of benzene rings is 1. The number of hydrogen-bond acceptors (Lipinski definition) is 3. The van der Waals surface area contributed by atoms with Gasteiger partial charge in [-0.05, 0) is 18.6 Å². The Bertz CT molecular complexity index is 736. The minimum Gasteiger partial charge on any atom is -0.468 e. The standard InChI is InChI=1S/C18H21F3N4O.HI/c1-13-5-7-14(8-6-13)10-24-17(22-2)25-11-15-4-3-9-23-16(15)26-12-18(19,20)21;/h3-9H,10-12H2,1-2H3,(H2,22,24,25);1H. The number of nitrogens with one attached hydrogen (secondary N) is 2. The molecule has 5 nitrogen and oxygen atoms in total. The molecule has 1 aromatic heterocycles. The number of nitrogens with zero attached hydrogens (tertiary/aromatic N) is 2. The van der Waals surface area contributed by atoms with Crippen LogP contribution in [0, 0.1) is 6.92 Å². The maximum absolute atomic E-state index is 12.3. The highest BCUT2D eigenvalue weighted by atomic mass is 127. The number of aromatic nitrogens is 1. The van der Waals surface area contributed by atoms with E-state index in [4.69, 9.17) is 4.74 Å². The first-order valence-electron chi connectivity index (χ1n) is 8.01. The predicted octanol–water partition coefficient (Wildman–Crippen LogP) is 3.81. The van der Waals surface area contributed by atoms with Crippen LogP contribution in [-0.2, 0) is 13.1 Å². The molecule has 0 fully saturated rings. The molecule has 1 aromatic carbocycles. The van der Waals surface area contributed by atoms with Gasteiger partial charge in [0.1, 0.15) is 0 Å². The first-order chi connectivity index (χ1) is 12.4. The summed E-state index contributed by atoms with van der Waals surface area (Å²) in [6.45, 7) is 1.44. The monoisotopic (exact) mass is 494 g/mol. The van der Waals surface area contributed by atoms with Crippen molar-refractivity contribution in [3.05, 3.63) is 59.3 Å². The van der Waals surface area contributed by atoms with Gasteiger partial charge in [-0.3, -0.25) is 4.99 Å². The summed E-state index contributed by atoms with van der Waals surface area (Å²) in [6, 6.07) is 11.4. The highest BCUT2D eigenvalue weighted by Gasteiger charge is 2.29. The second-order valence-corrected chi connectivity index (χ2v) is 5.64. The smallest absolute Gasteiger partial charge is 0.422 e. The molecule has 0 radical (unpaired) electrons. The molecule has 0 bridgehead atoms. The lowest BCUT2D eigenvalue weighted by molar-refractivity contribution is -0.154. The fraction of sp³-hybridized carbons (Fsp3) is 0.333. The number of aliphatic imine (C=N–C) groups is 1. The number of aryl methyl sites for hydroxylation is 1. The topological polar surface area (TPSA) is 58.5 Å². The van der Waals surface area contributed by atoms with Crippen molar-refractivity contribution in [2.24, 2.45) is 4.99 Å². The van der Waals surface area contributed by atoms with Gasteiger partial charge in [-0.25, -0.2) is 4.98 Å². The predicted molar refractivity (Wildman–Crippen MR) is 109 cm³/mol. The summed E-state index contributed by atoms with van der Waals surface area (Å²) in [7, 11) is 1.62. The highest BCUT2D eigenvalue weighted by molar-refractivity contribution is 14.0. The van der Waals surface area contributed by atoms with E-state index in [1.54, 1.807) is 19.2 Å². The van der Waals surface area contributed by atoms with Gasteiger partial charge in [-0.1, -0.05) is 35.9 Å². The molecule has 0 spiro atoms. The van der Waals surface area contributed by atoms with E-state index in [-0.39, 0.29) is 36.4 Å². The van der Waals surface area contributed by atoms with Crippen LogP contribution in [0.25, 0.3) is 0 Å². The largest absolute Gasteiger partial charge is 0.468 e. The van der Waals surface area contributed by atoms with Crippen LogP contribution in [0.15, 0.2) is 47.6 Å². The molecule has 0 saturated carbocycles. The third-order valence-corrected chi connectivity index (χ3v) is 3.47. The van der Waals surface area contributed by atoms with Crippen molar-refractivity contribution in [3.8, 4) is 5.88 Å². The maximum atomic E-state index is 12.3. The second-order valence-electron chi connectivity index (χ2n) is 5.64. The van der Waals surface area contributed by atoms with Crippen LogP contribution < -0.4 is 15.4 Å². The molecular formula is C18H22F3IN4O. The molecule has 0 amide bonds. The maximum Gasteiger partial charge on any atom is 0.422 e. The molecule has 2 N–H and O–H groups in total. The van der Waals surface area contributed by atoms with Crippen molar-refractivity contribution in [1.82, 2.24) is 15.6 Å². The Morgan fingerprint density at radius 2 is 1.78 bits per heavy atom. The van der Waals surface area contributed by atoms with Crippen molar-refractivity contribution in [3.63, 3.8) is 0 Å². The quantitative estimate of drug-likeness (QED) is 0.365. The van der Waals surface area contributed by atoms with Crippen molar-refractivity contribution >= 4 is 29.9 Å². The number of ether oxygens (including phenoxy) is 1. The summed E-state index contributed by atoms with van der Waals surface area (Å²) in [5, 5.41) is 6.19. The van der Waals surface area contributed by atoms with Crippen molar-refractivity contribution in [2.45, 2.75) is 26.2 Å². The molecule has 0 aliphatic carbocycles. The molecule has 27 heavy (non-hydrogen) atoms. The van der Waals surface area contributed by atoms with E-state index in [1.165, 1.54) is 11.8 Å². The van der Waals surface area contributed by atoms with Gasteiger partial charge >= 0.3 is 6.18 Å². The van der Waals surface area contributed by atoms with E-state index in [0.29, 0.717) is 18.1 Å². The number of halogens is 4. The third-order valence-electron chi connectivity index (χ3n) is 3.47. The van der Waals surface area contributed by atoms with E-state index >= 15 is 0 Å². The minimum absolute atomic E-state index is 0. The average molecular weight is 494 g/mol. The number of guanidine groups is 1. The molecule has 2 aromatic rings. The Kier molecular flexibility index (Phi) is 9.33. The Morgan fingerprint density at radius 3 is 2.41 bits per heavy atom. The van der Waals surface area contributed by atoms with Crippen LogP contribution in [0.5, 0.6) is 5.88 Å². The molecule has 0 atom stereocenters. The molecule has 2 rings (SSSR count). The number of pyridine rings is 1. The number of alkyl halides is 3. The molecule has 148 valence electrons. The molecule has 9 heteroatoms. The molecule has 0 unspecified atom stereocenters. The zero-order valence-corrected chi connectivity index (χ0v) is 17.3. The first-order valence-corrected chi connectivity index (χ1v) is 8.01. The fourth-order valence-electron chi connectivity index (χ4n) is 2.13. The SMILES string of the molecule is CN=C(NCc1ccc(C)cc1)NCc1cccnc1OCC(F)(F)F.I. The summed E-state index contributed by atoms with van der Waals surface area (Å²) in [6.07, 6.45) is -3.02. The van der Waals surface area contributed by atoms with Crippen LogP contribution in [0.1, 0.15) is 16.7 Å².